The van der Waals surface area contributed by atoms with E-state index in [2.05, 4.69) is 12.2 Å². The highest BCUT2D eigenvalue weighted by Crippen LogP contribution is 2.34. The maximum absolute atomic E-state index is 13.0. The van der Waals surface area contributed by atoms with Gasteiger partial charge in [-0.1, -0.05) is 71.4 Å². The van der Waals surface area contributed by atoms with Crippen molar-refractivity contribution in [2.45, 2.75) is 84.2 Å². The van der Waals surface area contributed by atoms with Gasteiger partial charge in [-0.05, 0) is 54.7 Å². The minimum Gasteiger partial charge on any atom is -0.508 e. The summed E-state index contributed by atoms with van der Waals surface area (Å²) in [5.41, 5.74) is 9.03. The second kappa shape index (κ2) is 12.0. The topological polar surface area (TPSA) is 82.4 Å². The molecule has 2 aromatic rings. The normalized spacial score (nSPS) is 12.4. The number of phenols is 1. The van der Waals surface area contributed by atoms with Crippen LogP contribution in [-0.2, 0) is 10.2 Å². The lowest BCUT2D eigenvalue weighted by atomic mass is 9.86. The third-order valence-corrected chi connectivity index (χ3v) is 5.73. The monoisotopic (exact) mass is 459 g/mol. The molecule has 0 aliphatic carbocycles. The second-order valence-electron chi connectivity index (χ2n) is 9.28. The number of hydrogen-bond acceptors (Lipinski definition) is 3. The van der Waals surface area contributed by atoms with Crippen molar-refractivity contribution in [3.63, 3.8) is 0 Å². The average molecular weight is 460 g/mol. The third kappa shape index (κ3) is 7.94. The SMILES string of the molecule is CCCCCCCCC(Oc1ccc(O)c(C(C)(C)C)c1)C(=O)Nc1ccc(Cl)c([NH])c1. The van der Waals surface area contributed by atoms with Gasteiger partial charge in [0.1, 0.15) is 11.5 Å². The Bertz CT molecular complexity index is 893. The maximum Gasteiger partial charge on any atom is 0.265 e. The molecule has 1 amide bonds. The van der Waals surface area contributed by atoms with Gasteiger partial charge in [0.15, 0.2) is 6.10 Å². The van der Waals surface area contributed by atoms with E-state index in [9.17, 15) is 9.90 Å². The van der Waals surface area contributed by atoms with Gasteiger partial charge in [0, 0.05) is 11.3 Å². The van der Waals surface area contributed by atoms with Crippen molar-refractivity contribution in [1.82, 2.24) is 5.73 Å². The zero-order valence-corrected chi connectivity index (χ0v) is 20.4. The van der Waals surface area contributed by atoms with E-state index in [1.54, 1.807) is 30.3 Å². The first kappa shape index (κ1) is 25.9. The summed E-state index contributed by atoms with van der Waals surface area (Å²) in [6.07, 6.45) is 6.63. The number of rotatable bonds is 11. The first-order valence-electron chi connectivity index (χ1n) is 11.4. The fourth-order valence-electron chi connectivity index (χ4n) is 3.53. The van der Waals surface area contributed by atoms with E-state index in [-0.39, 0.29) is 22.8 Å². The summed E-state index contributed by atoms with van der Waals surface area (Å²) in [7, 11) is 0. The van der Waals surface area contributed by atoms with Crippen LogP contribution < -0.4 is 15.8 Å². The molecule has 5 nitrogen and oxygen atoms in total. The van der Waals surface area contributed by atoms with Crippen LogP contribution >= 0.6 is 11.6 Å². The molecule has 0 bridgehead atoms. The maximum atomic E-state index is 13.0. The molecule has 0 aromatic heterocycles. The van der Waals surface area contributed by atoms with Gasteiger partial charge in [-0.15, -0.1) is 0 Å². The molecule has 2 rings (SSSR count). The molecular weight excluding hydrogens is 424 g/mol. The minimum absolute atomic E-state index is 0.159. The molecule has 0 saturated heterocycles. The molecule has 2 aromatic carbocycles. The van der Waals surface area contributed by atoms with Gasteiger partial charge < -0.3 is 15.2 Å². The average Bonchev–Trinajstić information content (AvgIpc) is 2.72. The second-order valence-corrected chi connectivity index (χ2v) is 9.68. The van der Waals surface area contributed by atoms with E-state index >= 15 is 0 Å². The van der Waals surface area contributed by atoms with Gasteiger partial charge in [0.25, 0.3) is 5.91 Å². The van der Waals surface area contributed by atoms with Gasteiger partial charge in [0.2, 0.25) is 0 Å². The Hall–Kier alpha value is -2.40. The van der Waals surface area contributed by atoms with Crippen molar-refractivity contribution in [1.29, 1.82) is 0 Å². The fourth-order valence-corrected chi connectivity index (χ4v) is 3.65. The van der Waals surface area contributed by atoms with Crippen LogP contribution in [0.4, 0.5) is 11.4 Å². The molecule has 0 aliphatic rings. The molecular formula is C26H36ClN2O3. The zero-order chi connectivity index (χ0) is 23.7. The number of carbonyl (C=O) groups is 1. The number of carbonyl (C=O) groups excluding carboxylic acids is 1. The van der Waals surface area contributed by atoms with E-state index in [0.717, 1.165) is 24.8 Å². The molecule has 3 N–H and O–H groups in total. The smallest absolute Gasteiger partial charge is 0.265 e. The van der Waals surface area contributed by atoms with Crippen molar-refractivity contribution in [3.05, 3.63) is 47.0 Å². The number of hydrogen-bond donors (Lipinski definition) is 2. The Morgan fingerprint density at radius 2 is 1.78 bits per heavy atom. The zero-order valence-electron chi connectivity index (χ0n) is 19.6. The number of halogens is 1. The summed E-state index contributed by atoms with van der Waals surface area (Å²) in [5, 5.41) is 13.4. The Morgan fingerprint density at radius 3 is 2.44 bits per heavy atom. The standard InChI is InChI=1S/C26H36ClN2O3/c1-5-6-7-8-9-10-11-24(25(31)29-18-12-14-21(27)22(28)16-18)32-19-13-15-23(30)20(17-19)26(2,3)4/h12-17,24,28,30H,5-11H2,1-4H3,(H,29,31). The van der Waals surface area contributed by atoms with Crippen LogP contribution in [0, 0.1) is 0 Å². The summed E-state index contributed by atoms with van der Waals surface area (Å²) in [6, 6.07) is 9.91. The summed E-state index contributed by atoms with van der Waals surface area (Å²) in [6.45, 7) is 8.25. The number of benzene rings is 2. The first-order chi connectivity index (χ1) is 15.1. The molecule has 1 atom stereocenters. The number of anilines is 1. The Labute approximate surface area is 197 Å². The molecule has 1 unspecified atom stereocenters. The molecule has 0 aliphatic heterocycles. The van der Waals surface area contributed by atoms with Crippen LogP contribution in [0.1, 0.15) is 78.2 Å². The van der Waals surface area contributed by atoms with Crippen LogP contribution in [0.25, 0.3) is 0 Å². The molecule has 0 fully saturated rings. The fraction of sp³-hybridized carbons (Fsp3) is 0.500. The predicted molar refractivity (Wildman–Crippen MR) is 132 cm³/mol. The minimum atomic E-state index is -0.677. The third-order valence-electron chi connectivity index (χ3n) is 5.40. The number of nitrogens with one attached hydrogen (secondary N) is 2. The molecule has 0 saturated carbocycles. The van der Waals surface area contributed by atoms with Crippen LogP contribution in [0.5, 0.6) is 11.5 Å². The molecule has 6 heteroatoms. The summed E-state index contributed by atoms with van der Waals surface area (Å²) in [5.74, 6) is 0.507. The van der Waals surface area contributed by atoms with Crippen molar-refractivity contribution in [2.75, 3.05) is 5.32 Å². The lowest BCUT2D eigenvalue weighted by molar-refractivity contribution is -0.123. The van der Waals surface area contributed by atoms with Crippen LogP contribution in [0.3, 0.4) is 0 Å². The van der Waals surface area contributed by atoms with Gasteiger partial charge in [-0.25, -0.2) is 0 Å². The van der Waals surface area contributed by atoms with Gasteiger partial charge in [-0.2, -0.15) is 0 Å². The highest BCUT2D eigenvalue weighted by atomic mass is 35.5. The van der Waals surface area contributed by atoms with E-state index in [4.69, 9.17) is 22.1 Å². The molecule has 175 valence electrons. The van der Waals surface area contributed by atoms with E-state index in [1.165, 1.54) is 25.3 Å². The number of ether oxygens (including phenoxy) is 1. The van der Waals surface area contributed by atoms with Gasteiger partial charge >= 0.3 is 0 Å². The van der Waals surface area contributed by atoms with Crippen molar-refractivity contribution >= 4 is 28.9 Å². The largest absolute Gasteiger partial charge is 0.508 e. The first-order valence-corrected chi connectivity index (χ1v) is 11.8. The number of amides is 1. The van der Waals surface area contributed by atoms with Crippen LogP contribution in [0.2, 0.25) is 5.02 Å². The Kier molecular flexibility index (Phi) is 9.70. The van der Waals surface area contributed by atoms with E-state index in [0.29, 0.717) is 22.9 Å². The highest BCUT2D eigenvalue weighted by molar-refractivity contribution is 6.33. The van der Waals surface area contributed by atoms with E-state index < -0.39 is 6.10 Å². The Balaban J connectivity index is 2.14. The van der Waals surface area contributed by atoms with Crippen LogP contribution in [-0.4, -0.2) is 17.1 Å². The summed E-state index contributed by atoms with van der Waals surface area (Å²) < 4.78 is 6.12. The molecule has 0 heterocycles. The predicted octanol–water partition coefficient (Wildman–Crippen LogP) is 7.39. The number of aromatic hydroxyl groups is 1. The van der Waals surface area contributed by atoms with Crippen LogP contribution in [0.15, 0.2) is 36.4 Å². The van der Waals surface area contributed by atoms with Crippen molar-refractivity contribution in [3.8, 4) is 11.5 Å². The van der Waals surface area contributed by atoms with E-state index in [1.807, 2.05) is 20.8 Å². The Morgan fingerprint density at radius 1 is 1.09 bits per heavy atom. The molecule has 32 heavy (non-hydrogen) atoms. The van der Waals surface area contributed by atoms with Gasteiger partial charge in [-0.3, -0.25) is 10.5 Å². The number of unbranched alkanes of at least 4 members (excludes halogenated alkanes) is 5. The van der Waals surface area contributed by atoms with Crippen molar-refractivity contribution in [2.24, 2.45) is 0 Å². The van der Waals surface area contributed by atoms with Crippen molar-refractivity contribution < 1.29 is 14.6 Å². The summed E-state index contributed by atoms with van der Waals surface area (Å²) in [4.78, 5) is 13.0. The highest BCUT2D eigenvalue weighted by Gasteiger charge is 2.23. The lowest BCUT2D eigenvalue weighted by Gasteiger charge is -2.23. The number of phenolic OH excluding ortho intramolecular Hbond substituents is 1. The van der Waals surface area contributed by atoms with Gasteiger partial charge in [0.05, 0.1) is 10.7 Å². The molecule has 0 spiro atoms. The molecule has 1 radical (unpaired) electrons. The lowest BCUT2D eigenvalue weighted by Crippen LogP contribution is -2.33. The quantitative estimate of drug-likeness (QED) is 0.343. The summed E-state index contributed by atoms with van der Waals surface area (Å²) >= 11 is 5.93.